The molecule has 0 radical (unpaired) electrons. The molecule has 1 heterocycles. The van der Waals surface area contributed by atoms with E-state index in [-0.39, 0.29) is 40.1 Å². The second-order valence-electron chi connectivity index (χ2n) is 8.90. The van der Waals surface area contributed by atoms with Crippen LogP contribution in [0.3, 0.4) is 0 Å². The zero-order valence-electron chi connectivity index (χ0n) is 19.0. The summed E-state index contributed by atoms with van der Waals surface area (Å²) >= 11 is 0. The van der Waals surface area contributed by atoms with Crippen molar-refractivity contribution in [3.63, 3.8) is 0 Å². The van der Waals surface area contributed by atoms with Gasteiger partial charge in [-0.15, -0.1) is 13.2 Å². The number of fused-ring (bicyclic) bond motifs is 1. The Morgan fingerprint density at radius 1 is 1.14 bits per heavy atom. The smallest absolute Gasteiger partial charge is 0.503 e. The van der Waals surface area contributed by atoms with Crippen LogP contribution in [0.4, 0.5) is 22.0 Å². The Morgan fingerprint density at radius 2 is 1.75 bits per heavy atom. The van der Waals surface area contributed by atoms with Gasteiger partial charge in [0.05, 0.1) is 11.4 Å². The standard InChI is InChI=1S/C25H22F5NO5/c1-12-19(16(24(34)35)10-13-4-2-3-5-13)20-18(11-17(26)22(32)21(20)27)31(12)23(33)14-6-8-15(9-7-14)36-25(28,29)30/h6-9,11,13,16,32H,2-5,10H2,1H3,(H,34,35)/t16-/m0/s1. The average molecular weight is 511 g/mol. The predicted octanol–water partition coefficient (Wildman–Crippen LogP) is 6.27. The molecular weight excluding hydrogens is 489 g/mol. The molecule has 0 amide bonds. The topological polar surface area (TPSA) is 88.8 Å². The molecule has 11 heteroatoms. The van der Waals surface area contributed by atoms with Crippen LogP contribution in [0, 0.1) is 24.5 Å². The molecule has 192 valence electrons. The van der Waals surface area contributed by atoms with Crippen molar-refractivity contribution in [2.24, 2.45) is 5.92 Å². The number of aliphatic carboxylic acids is 1. The number of carbonyl (C=O) groups is 2. The number of alkyl halides is 3. The number of ether oxygens (including phenoxy) is 1. The molecule has 36 heavy (non-hydrogen) atoms. The van der Waals surface area contributed by atoms with Gasteiger partial charge in [0, 0.05) is 22.7 Å². The highest BCUT2D eigenvalue weighted by molar-refractivity contribution is 6.05. The molecule has 1 aliphatic carbocycles. The lowest BCUT2D eigenvalue weighted by molar-refractivity contribution is -0.274. The summed E-state index contributed by atoms with van der Waals surface area (Å²) in [5.74, 6) is -7.88. The number of rotatable bonds is 6. The average Bonchev–Trinajstić information content (AvgIpc) is 3.40. The molecule has 1 fully saturated rings. The van der Waals surface area contributed by atoms with Gasteiger partial charge in [-0.25, -0.2) is 8.78 Å². The summed E-state index contributed by atoms with van der Waals surface area (Å²) in [5.41, 5.74) is -0.455. The maximum absolute atomic E-state index is 15.2. The molecule has 1 atom stereocenters. The van der Waals surface area contributed by atoms with Gasteiger partial charge in [-0.1, -0.05) is 25.7 Å². The van der Waals surface area contributed by atoms with Gasteiger partial charge in [0.2, 0.25) is 0 Å². The molecule has 6 nitrogen and oxygen atoms in total. The van der Waals surface area contributed by atoms with Crippen molar-refractivity contribution in [1.29, 1.82) is 0 Å². The second kappa shape index (κ2) is 9.44. The lowest BCUT2D eigenvalue weighted by Crippen LogP contribution is -2.18. The zero-order valence-corrected chi connectivity index (χ0v) is 19.0. The summed E-state index contributed by atoms with van der Waals surface area (Å²) < 4.78 is 71.6. The number of carboxylic acids is 1. The van der Waals surface area contributed by atoms with Crippen molar-refractivity contribution in [3.8, 4) is 11.5 Å². The molecule has 0 spiro atoms. The molecule has 4 rings (SSSR count). The van der Waals surface area contributed by atoms with Crippen LogP contribution in [0.25, 0.3) is 10.9 Å². The van der Waals surface area contributed by atoms with Crippen LogP contribution in [-0.4, -0.2) is 33.0 Å². The Labute approximate surface area is 201 Å². The lowest BCUT2D eigenvalue weighted by Gasteiger charge is -2.18. The van der Waals surface area contributed by atoms with E-state index in [2.05, 4.69) is 4.74 Å². The molecule has 2 aromatic carbocycles. The lowest BCUT2D eigenvalue weighted by atomic mass is 9.86. The number of carboxylic acid groups (broad SMARTS) is 1. The van der Waals surface area contributed by atoms with Gasteiger partial charge in [0.15, 0.2) is 17.4 Å². The van der Waals surface area contributed by atoms with Crippen molar-refractivity contribution in [1.82, 2.24) is 4.57 Å². The van der Waals surface area contributed by atoms with Gasteiger partial charge in [-0.3, -0.25) is 14.2 Å². The minimum Gasteiger partial charge on any atom is -0.503 e. The van der Waals surface area contributed by atoms with Crippen LogP contribution in [0.5, 0.6) is 11.5 Å². The maximum Gasteiger partial charge on any atom is 0.573 e. The Balaban J connectivity index is 1.87. The fraction of sp³-hybridized carbons (Fsp3) is 0.360. The Bertz CT molecular complexity index is 1320. The molecule has 0 aliphatic heterocycles. The van der Waals surface area contributed by atoms with E-state index < -0.39 is 47.3 Å². The number of hydrogen-bond acceptors (Lipinski definition) is 4. The van der Waals surface area contributed by atoms with E-state index in [0.717, 1.165) is 60.6 Å². The summed E-state index contributed by atoms with van der Waals surface area (Å²) in [5, 5.41) is 19.5. The molecule has 0 bridgehead atoms. The number of halogens is 5. The molecule has 0 saturated heterocycles. The largest absolute Gasteiger partial charge is 0.573 e. The first kappa shape index (κ1) is 25.5. The first-order chi connectivity index (χ1) is 16.9. The number of phenols is 1. The summed E-state index contributed by atoms with van der Waals surface area (Å²) in [6, 6.07) is 4.66. The predicted molar refractivity (Wildman–Crippen MR) is 118 cm³/mol. The quantitative estimate of drug-likeness (QED) is 0.381. The maximum atomic E-state index is 15.2. The van der Waals surface area contributed by atoms with Gasteiger partial charge >= 0.3 is 12.3 Å². The second-order valence-corrected chi connectivity index (χ2v) is 8.90. The van der Waals surface area contributed by atoms with Crippen molar-refractivity contribution in [3.05, 3.63) is 58.8 Å². The fourth-order valence-corrected chi connectivity index (χ4v) is 5.05. The Kier molecular flexibility index (Phi) is 6.68. The van der Waals surface area contributed by atoms with Crippen LogP contribution in [0.15, 0.2) is 30.3 Å². The number of benzene rings is 2. The minimum atomic E-state index is -4.93. The normalized spacial score (nSPS) is 15.4. The molecule has 0 unspecified atom stereocenters. The molecule has 1 saturated carbocycles. The number of aromatic nitrogens is 1. The van der Waals surface area contributed by atoms with Crippen molar-refractivity contribution in [2.75, 3.05) is 0 Å². The number of phenolic OH excluding ortho intramolecular Hbond substituents is 1. The molecule has 2 N–H and O–H groups in total. The highest BCUT2D eigenvalue weighted by Crippen LogP contribution is 2.42. The highest BCUT2D eigenvalue weighted by atomic mass is 19.4. The fourth-order valence-electron chi connectivity index (χ4n) is 5.05. The zero-order chi connectivity index (χ0) is 26.4. The van der Waals surface area contributed by atoms with Gasteiger partial charge in [0.1, 0.15) is 5.75 Å². The highest BCUT2D eigenvalue weighted by Gasteiger charge is 2.35. The number of nitrogens with zero attached hydrogens (tertiary/aromatic N) is 1. The summed E-state index contributed by atoms with van der Waals surface area (Å²) in [4.78, 5) is 25.7. The van der Waals surface area contributed by atoms with Crippen molar-refractivity contribution >= 4 is 22.8 Å². The number of carbonyl (C=O) groups excluding carboxylic acids is 1. The molecule has 3 aromatic rings. The van der Waals surface area contributed by atoms with Gasteiger partial charge in [-0.05, 0) is 49.1 Å². The first-order valence-electron chi connectivity index (χ1n) is 11.2. The Morgan fingerprint density at radius 3 is 2.31 bits per heavy atom. The number of hydrogen-bond donors (Lipinski definition) is 2. The summed E-state index contributed by atoms with van der Waals surface area (Å²) in [6.45, 7) is 1.38. The SMILES string of the molecule is Cc1c([C@H](CC2CCCC2)C(=O)O)c2c(F)c(O)c(F)cc2n1C(=O)c1ccc(OC(F)(F)F)cc1. The third-order valence-corrected chi connectivity index (χ3v) is 6.64. The van der Waals surface area contributed by atoms with Crippen LogP contribution in [-0.2, 0) is 4.79 Å². The van der Waals surface area contributed by atoms with Crippen LogP contribution < -0.4 is 4.74 Å². The third-order valence-electron chi connectivity index (χ3n) is 6.64. The monoisotopic (exact) mass is 511 g/mol. The number of aromatic hydroxyl groups is 1. The van der Waals surface area contributed by atoms with Crippen LogP contribution in [0.2, 0.25) is 0 Å². The van der Waals surface area contributed by atoms with E-state index >= 15 is 4.39 Å². The van der Waals surface area contributed by atoms with E-state index in [9.17, 15) is 37.4 Å². The third kappa shape index (κ3) is 4.74. The van der Waals surface area contributed by atoms with Crippen molar-refractivity contribution < 1.29 is 46.5 Å². The first-order valence-corrected chi connectivity index (χ1v) is 11.2. The molecular formula is C25H22F5NO5. The summed E-state index contributed by atoms with van der Waals surface area (Å²) in [7, 11) is 0. The van der Waals surface area contributed by atoms with E-state index in [1.54, 1.807) is 0 Å². The molecule has 1 aromatic heterocycles. The van der Waals surface area contributed by atoms with E-state index in [1.807, 2.05) is 0 Å². The van der Waals surface area contributed by atoms with Gasteiger partial charge in [-0.2, -0.15) is 0 Å². The van der Waals surface area contributed by atoms with E-state index in [1.165, 1.54) is 6.92 Å². The van der Waals surface area contributed by atoms with Crippen LogP contribution in [0.1, 0.15) is 59.6 Å². The minimum absolute atomic E-state index is 0.0277. The van der Waals surface area contributed by atoms with Crippen molar-refractivity contribution in [2.45, 2.75) is 51.3 Å². The van der Waals surface area contributed by atoms with E-state index in [0.29, 0.717) is 0 Å². The molecule has 1 aliphatic rings. The van der Waals surface area contributed by atoms with Gasteiger partial charge < -0.3 is 14.9 Å². The van der Waals surface area contributed by atoms with Crippen LogP contribution >= 0.6 is 0 Å². The Hall–Kier alpha value is -3.63. The summed E-state index contributed by atoms with van der Waals surface area (Å²) in [6.07, 6.45) is -1.29. The van der Waals surface area contributed by atoms with E-state index in [4.69, 9.17) is 0 Å². The van der Waals surface area contributed by atoms with Gasteiger partial charge in [0.25, 0.3) is 5.91 Å².